The third-order valence-electron chi connectivity index (χ3n) is 4.70. The van der Waals surface area contributed by atoms with Gasteiger partial charge in [0.25, 0.3) is 0 Å². The molecule has 134 valence electrons. The molecule has 0 aliphatic heterocycles. The standard InChI is InChI=1S/C22H23NO3/c1-4-26-21(25)23-20-14-13-19(17-7-5-6-8-18(17)20)22(2,3)15-9-11-16(24)12-10-15/h5-14,24H,4H2,1-3H3,(H,23,25). The molecule has 3 aromatic rings. The van der Waals surface area contributed by atoms with Crippen LogP contribution in [0.25, 0.3) is 10.8 Å². The highest BCUT2D eigenvalue weighted by molar-refractivity contribution is 6.02. The topological polar surface area (TPSA) is 58.6 Å². The van der Waals surface area contributed by atoms with Gasteiger partial charge in [0.15, 0.2) is 0 Å². The normalized spacial score (nSPS) is 11.3. The van der Waals surface area contributed by atoms with E-state index in [1.54, 1.807) is 19.1 Å². The van der Waals surface area contributed by atoms with Crippen molar-refractivity contribution in [2.45, 2.75) is 26.2 Å². The third-order valence-corrected chi connectivity index (χ3v) is 4.70. The van der Waals surface area contributed by atoms with Gasteiger partial charge in [0.05, 0.1) is 12.3 Å². The van der Waals surface area contributed by atoms with Crippen LogP contribution in [-0.4, -0.2) is 17.8 Å². The van der Waals surface area contributed by atoms with E-state index in [1.165, 1.54) is 0 Å². The molecule has 0 bridgehead atoms. The lowest BCUT2D eigenvalue weighted by molar-refractivity contribution is 0.168. The summed E-state index contributed by atoms with van der Waals surface area (Å²) in [5.41, 5.74) is 2.71. The van der Waals surface area contributed by atoms with Crippen molar-refractivity contribution in [2.24, 2.45) is 0 Å². The van der Waals surface area contributed by atoms with Crippen LogP contribution in [0.3, 0.4) is 0 Å². The number of carbonyl (C=O) groups is 1. The Balaban J connectivity index is 2.10. The molecule has 0 radical (unpaired) electrons. The molecule has 2 N–H and O–H groups in total. The molecule has 4 heteroatoms. The highest BCUT2D eigenvalue weighted by atomic mass is 16.5. The Labute approximate surface area is 153 Å². The molecule has 0 heterocycles. The fraction of sp³-hybridized carbons (Fsp3) is 0.227. The number of carbonyl (C=O) groups excluding carboxylic acids is 1. The van der Waals surface area contributed by atoms with Gasteiger partial charge in [-0.25, -0.2) is 4.79 Å². The summed E-state index contributed by atoms with van der Waals surface area (Å²) in [5.74, 6) is 0.253. The minimum absolute atomic E-state index is 0.253. The first kappa shape index (κ1) is 17.8. The largest absolute Gasteiger partial charge is 0.508 e. The SMILES string of the molecule is CCOC(=O)Nc1ccc(C(C)(C)c2ccc(O)cc2)c2ccccc12. The van der Waals surface area contributed by atoms with Gasteiger partial charge in [-0.2, -0.15) is 0 Å². The van der Waals surface area contributed by atoms with E-state index in [0.29, 0.717) is 6.61 Å². The van der Waals surface area contributed by atoms with E-state index in [2.05, 4.69) is 25.2 Å². The Kier molecular flexibility index (Phi) is 4.85. The van der Waals surface area contributed by atoms with Crippen molar-refractivity contribution in [1.82, 2.24) is 0 Å². The molecule has 0 spiro atoms. The van der Waals surface area contributed by atoms with Gasteiger partial charge in [0.1, 0.15) is 5.75 Å². The van der Waals surface area contributed by atoms with E-state index < -0.39 is 6.09 Å². The molecule has 0 unspecified atom stereocenters. The quantitative estimate of drug-likeness (QED) is 0.659. The number of aromatic hydroxyl groups is 1. The predicted octanol–water partition coefficient (Wildman–Crippen LogP) is 5.44. The minimum atomic E-state index is -0.455. The van der Waals surface area contributed by atoms with Crippen LogP contribution < -0.4 is 5.32 Å². The van der Waals surface area contributed by atoms with Crippen molar-refractivity contribution in [3.63, 3.8) is 0 Å². The molecule has 26 heavy (non-hydrogen) atoms. The first-order valence-electron chi connectivity index (χ1n) is 8.69. The van der Waals surface area contributed by atoms with Crippen molar-refractivity contribution in [1.29, 1.82) is 0 Å². The van der Waals surface area contributed by atoms with Crippen LogP contribution in [0.4, 0.5) is 10.5 Å². The Morgan fingerprint density at radius 2 is 1.65 bits per heavy atom. The van der Waals surface area contributed by atoms with Crippen LogP contribution in [0.15, 0.2) is 60.7 Å². The zero-order valence-electron chi connectivity index (χ0n) is 15.2. The maximum absolute atomic E-state index is 11.8. The maximum Gasteiger partial charge on any atom is 0.411 e. The van der Waals surface area contributed by atoms with Crippen molar-refractivity contribution >= 4 is 22.6 Å². The van der Waals surface area contributed by atoms with Crippen LogP contribution in [0, 0.1) is 0 Å². The zero-order valence-corrected chi connectivity index (χ0v) is 15.2. The highest BCUT2D eigenvalue weighted by Gasteiger charge is 2.26. The molecule has 4 nitrogen and oxygen atoms in total. The number of amides is 1. The van der Waals surface area contributed by atoms with Crippen molar-refractivity contribution in [2.75, 3.05) is 11.9 Å². The average Bonchev–Trinajstić information content (AvgIpc) is 2.62. The second kappa shape index (κ2) is 7.08. The summed E-state index contributed by atoms with van der Waals surface area (Å²) in [6, 6.07) is 19.2. The van der Waals surface area contributed by atoms with Gasteiger partial charge in [-0.1, -0.05) is 56.3 Å². The molecule has 1 amide bonds. The first-order chi connectivity index (χ1) is 12.4. The van der Waals surface area contributed by atoms with Gasteiger partial charge < -0.3 is 9.84 Å². The number of hydrogen-bond donors (Lipinski definition) is 2. The van der Waals surface area contributed by atoms with Gasteiger partial charge in [-0.05, 0) is 41.6 Å². The maximum atomic E-state index is 11.8. The zero-order chi connectivity index (χ0) is 18.7. The molecule has 0 aliphatic rings. The Bertz CT molecular complexity index is 930. The van der Waals surface area contributed by atoms with Crippen LogP contribution in [0.2, 0.25) is 0 Å². The molecular formula is C22H23NO3. The fourth-order valence-corrected chi connectivity index (χ4v) is 3.26. The molecule has 0 fully saturated rings. The number of phenolic OH excluding ortho intramolecular Hbond substituents is 1. The number of ether oxygens (including phenoxy) is 1. The van der Waals surface area contributed by atoms with Crippen LogP contribution in [-0.2, 0) is 10.2 Å². The Morgan fingerprint density at radius 1 is 1.00 bits per heavy atom. The monoisotopic (exact) mass is 349 g/mol. The summed E-state index contributed by atoms with van der Waals surface area (Å²) >= 11 is 0. The Hall–Kier alpha value is -3.01. The number of fused-ring (bicyclic) bond motifs is 1. The second-order valence-electron chi connectivity index (χ2n) is 6.72. The third kappa shape index (κ3) is 3.36. The van der Waals surface area contributed by atoms with Crippen LogP contribution in [0.5, 0.6) is 5.75 Å². The van der Waals surface area contributed by atoms with E-state index in [1.807, 2.05) is 42.5 Å². The van der Waals surface area contributed by atoms with Crippen LogP contribution >= 0.6 is 0 Å². The summed E-state index contributed by atoms with van der Waals surface area (Å²) < 4.78 is 5.00. The lowest BCUT2D eigenvalue weighted by Gasteiger charge is -2.28. The van der Waals surface area contributed by atoms with Gasteiger partial charge in [-0.3, -0.25) is 5.32 Å². The van der Waals surface area contributed by atoms with Crippen molar-refractivity contribution in [3.8, 4) is 5.75 Å². The lowest BCUT2D eigenvalue weighted by atomic mass is 9.76. The summed E-state index contributed by atoms with van der Waals surface area (Å²) in [6.45, 7) is 6.41. The van der Waals surface area contributed by atoms with Gasteiger partial charge in [0, 0.05) is 10.8 Å². The van der Waals surface area contributed by atoms with E-state index >= 15 is 0 Å². The lowest BCUT2D eigenvalue weighted by Crippen LogP contribution is -2.20. The van der Waals surface area contributed by atoms with E-state index in [4.69, 9.17) is 4.74 Å². The average molecular weight is 349 g/mol. The molecule has 0 saturated carbocycles. The van der Waals surface area contributed by atoms with E-state index in [-0.39, 0.29) is 11.2 Å². The first-order valence-corrected chi connectivity index (χ1v) is 8.69. The number of anilines is 1. The second-order valence-corrected chi connectivity index (χ2v) is 6.72. The molecule has 3 rings (SSSR count). The molecule has 0 aliphatic carbocycles. The fourth-order valence-electron chi connectivity index (χ4n) is 3.26. The van der Waals surface area contributed by atoms with E-state index in [0.717, 1.165) is 27.6 Å². The van der Waals surface area contributed by atoms with Crippen molar-refractivity contribution in [3.05, 3.63) is 71.8 Å². The highest BCUT2D eigenvalue weighted by Crippen LogP contribution is 2.38. The van der Waals surface area contributed by atoms with Crippen LogP contribution in [0.1, 0.15) is 31.9 Å². The molecule has 3 aromatic carbocycles. The van der Waals surface area contributed by atoms with Gasteiger partial charge >= 0.3 is 6.09 Å². The molecule has 0 saturated heterocycles. The molecule has 0 aromatic heterocycles. The summed E-state index contributed by atoms with van der Waals surface area (Å²) in [6.07, 6.45) is -0.455. The molecular weight excluding hydrogens is 326 g/mol. The van der Waals surface area contributed by atoms with Crippen molar-refractivity contribution < 1.29 is 14.6 Å². The summed E-state index contributed by atoms with van der Waals surface area (Å²) in [7, 11) is 0. The van der Waals surface area contributed by atoms with Gasteiger partial charge in [-0.15, -0.1) is 0 Å². The summed E-state index contributed by atoms with van der Waals surface area (Å²) in [4.78, 5) is 11.8. The number of benzene rings is 3. The summed E-state index contributed by atoms with van der Waals surface area (Å²) in [5, 5.41) is 14.4. The molecule has 0 atom stereocenters. The number of rotatable bonds is 4. The minimum Gasteiger partial charge on any atom is -0.508 e. The van der Waals surface area contributed by atoms with E-state index in [9.17, 15) is 9.90 Å². The number of nitrogens with one attached hydrogen (secondary N) is 1. The Morgan fingerprint density at radius 3 is 2.31 bits per heavy atom. The van der Waals surface area contributed by atoms with Gasteiger partial charge in [0.2, 0.25) is 0 Å². The number of hydrogen-bond acceptors (Lipinski definition) is 3. The predicted molar refractivity (Wildman–Crippen MR) is 105 cm³/mol. The smallest absolute Gasteiger partial charge is 0.411 e. The number of phenols is 1.